The number of nitriles is 1. The Morgan fingerprint density at radius 3 is 2.69 bits per heavy atom. The second-order valence-corrected chi connectivity index (χ2v) is 4.56. The smallest absolute Gasteiger partial charge is 0.118 e. The van der Waals surface area contributed by atoms with Crippen molar-refractivity contribution in [2.24, 2.45) is 0 Å². The fourth-order valence-corrected chi connectivity index (χ4v) is 2.17. The Morgan fingerprint density at radius 2 is 2.12 bits per heavy atom. The molecule has 2 nitrogen and oxygen atoms in total. The molecule has 0 unspecified atom stereocenters. The van der Waals surface area contributed by atoms with Crippen LogP contribution in [0.2, 0.25) is 0 Å². The van der Waals surface area contributed by atoms with Gasteiger partial charge >= 0.3 is 0 Å². The predicted octanol–water partition coefficient (Wildman–Crippen LogP) is 3.65. The van der Waals surface area contributed by atoms with Crippen molar-refractivity contribution in [1.29, 1.82) is 5.26 Å². The minimum atomic E-state index is 0.880. The molecule has 0 fully saturated rings. The van der Waals surface area contributed by atoms with E-state index in [4.69, 9.17) is 10.00 Å². The van der Waals surface area contributed by atoms with Crippen molar-refractivity contribution in [1.82, 2.24) is 0 Å². The molecule has 84 valence electrons. The minimum absolute atomic E-state index is 0.880. The first-order valence-corrected chi connectivity index (χ1v) is 6.07. The molecule has 0 heterocycles. The van der Waals surface area contributed by atoms with Crippen LogP contribution in [0.15, 0.2) is 40.8 Å². The number of methoxy groups -OCH3 is 1. The van der Waals surface area contributed by atoms with Crippen molar-refractivity contribution in [3.8, 4) is 11.8 Å². The summed E-state index contributed by atoms with van der Waals surface area (Å²) in [6.45, 7) is 1.98. The van der Waals surface area contributed by atoms with Crippen molar-refractivity contribution in [2.75, 3.05) is 12.9 Å². The molecule has 0 aliphatic heterocycles. The minimum Gasteiger partial charge on any atom is -0.497 e. The van der Waals surface area contributed by atoms with E-state index in [9.17, 15) is 0 Å². The zero-order valence-electron chi connectivity index (χ0n) is 9.56. The molecule has 0 aliphatic rings. The van der Waals surface area contributed by atoms with E-state index in [1.807, 2.05) is 37.3 Å². The van der Waals surface area contributed by atoms with Crippen LogP contribution in [0.3, 0.4) is 0 Å². The van der Waals surface area contributed by atoms with E-state index >= 15 is 0 Å². The maximum atomic E-state index is 8.46. The molecule has 0 aromatic heterocycles. The molecule has 0 spiro atoms. The summed E-state index contributed by atoms with van der Waals surface area (Å²) in [5.74, 6) is 1.88. The van der Waals surface area contributed by atoms with Crippen LogP contribution >= 0.6 is 11.8 Å². The molecule has 0 amide bonds. The van der Waals surface area contributed by atoms with Gasteiger partial charge in [-0.2, -0.15) is 5.26 Å². The monoisotopic (exact) mass is 233 g/mol. The predicted molar refractivity (Wildman–Crippen MR) is 67.7 cm³/mol. The van der Waals surface area contributed by atoms with Crippen LogP contribution in [0.1, 0.15) is 13.3 Å². The van der Waals surface area contributed by atoms with Crippen LogP contribution in [0.25, 0.3) is 0 Å². The fourth-order valence-electron chi connectivity index (χ4n) is 1.18. The average Bonchev–Trinajstić information content (AvgIpc) is 2.30. The van der Waals surface area contributed by atoms with Gasteiger partial charge in [-0.05, 0) is 37.6 Å². The molecule has 3 heteroatoms. The summed E-state index contributed by atoms with van der Waals surface area (Å²) in [6, 6.07) is 10.1. The number of hydrogen-bond acceptors (Lipinski definition) is 3. The molecule has 0 bridgehead atoms. The summed E-state index contributed by atoms with van der Waals surface area (Å²) in [4.78, 5) is 1.23. The third-order valence-electron chi connectivity index (χ3n) is 2.14. The van der Waals surface area contributed by atoms with Crippen molar-refractivity contribution >= 4 is 11.8 Å². The third-order valence-corrected chi connectivity index (χ3v) is 3.15. The Balaban J connectivity index is 2.38. The second kappa shape index (κ2) is 6.97. The Kier molecular flexibility index (Phi) is 5.52. The summed E-state index contributed by atoms with van der Waals surface area (Å²) < 4.78 is 5.09. The molecular weight excluding hydrogens is 218 g/mol. The van der Waals surface area contributed by atoms with E-state index < -0.39 is 0 Å². The lowest BCUT2D eigenvalue weighted by molar-refractivity contribution is 0.414. The number of nitrogens with zero attached hydrogens (tertiary/aromatic N) is 1. The van der Waals surface area contributed by atoms with Gasteiger partial charge in [0.2, 0.25) is 0 Å². The van der Waals surface area contributed by atoms with E-state index in [0.717, 1.165) is 23.5 Å². The number of thioether (sulfide) groups is 1. The zero-order valence-corrected chi connectivity index (χ0v) is 10.4. The summed E-state index contributed by atoms with van der Waals surface area (Å²) in [6.07, 6.45) is 2.55. The Morgan fingerprint density at radius 1 is 1.44 bits per heavy atom. The Hall–Kier alpha value is -1.40. The highest BCUT2D eigenvalue weighted by Crippen LogP contribution is 2.22. The molecule has 16 heavy (non-hydrogen) atoms. The van der Waals surface area contributed by atoms with Crippen molar-refractivity contribution < 1.29 is 4.74 Å². The summed E-state index contributed by atoms with van der Waals surface area (Å²) in [7, 11) is 1.66. The highest BCUT2D eigenvalue weighted by atomic mass is 32.2. The Labute approximate surface area is 101 Å². The van der Waals surface area contributed by atoms with E-state index in [2.05, 4.69) is 0 Å². The number of benzene rings is 1. The normalized spacial score (nSPS) is 10.9. The van der Waals surface area contributed by atoms with Crippen LogP contribution < -0.4 is 4.74 Å². The van der Waals surface area contributed by atoms with Gasteiger partial charge in [0.05, 0.1) is 13.2 Å². The Bertz CT molecular complexity index is 389. The zero-order chi connectivity index (χ0) is 11.8. The second-order valence-electron chi connectivity index (χ2n) is 3.39. The fraction of sp³-hybridized carbons (Fsp3) is 0.308. The SMILES string of the molecule is COc1ccc(SCCC(C)=CC#N)cc1. The topological polar surface area (TPSA) is 33.0 Å². The highest BCUT2D eigenvalue weighted by Gasteiger charge is 1.96. The van der Waals surface area contributed by atoms with E-state index in [1.165, 1.54) is 4.90 Å². The molecule has 0 N–H and O–H groups in total. The third kappa shape index (κ3) is 4.41. The quantitative estimate of drug-likeness (QED) is 0.575. The van der Waals surface area contributed by atoms with Crippen LogP contribution in [-0.2, 0) is 0 Å². The first-order valence-electron chi connectivity index (χ1n) is 5.08. The average molecular weight is 233 g/mol. The van der Waals surface area contributed by atoms with Gasteiger partial charge in [0, 0.05) is 16.7 Å². The molecule has 1 aromatic rings. The summed E-state index contributed by atoms with van der Waals surface area (Å²) in [5.41, 5.74) is 1.13. The number of ether oxygens (including phenoxy) is 1. The van der Waals surface area contributed by atoms with Gasteiger partial charge in [-0.25, -0.2) is 0 Å². The lowest BCUT2D eigenvalue weighted by Gasteiger charge is -2.03. The standard InChI is InChI=1S/C13H15NOS/c1-11(7-9-14)8-10-16-13-5-3-12(15-2)4-6-13/h3-7H,8,10H2,1-2H3. The molecule has 0 radical (unpaired) electrons. The van der Waals surface area contributed by atoms with Crippen LogP contribution in [-0.4, -0.2) is 12.9 Å². The molecule has 0 aliphatic carbocycles. The van der Waals surface area contributed by atoms with Gasteiger partial charge in [0.1, 0.15) is 5.75 Å². The lowest BCUT2D eigenvalue weighted by Crippen LogP contribution is -1.84. The van der Waals surface area contributed by atoms with E-state index in [0.29, 0.717) is 0 Å². The van der Waals surface area contributed by atoms with Crippen LogP contribution in [0.5, 0.6) is 5.75 Å². The first kappa shape index (κ1) is 12.7. The van der Waals surface area contributed by atoms with Crippen LogP contribution in [0, 0.1) is 11.3 Å². The van der Waals surface area contributed by atoms with Crippen LogP contribution in [0.4, 0.5) is 0 Å². The molecule has 1 aromatic carbocycles. The van der Waals surface area contributed by atoms with E-state index in [-0.39, 0.29) is 0 Å². The summed E-state index contributed by atoms with van der Waals surface area (Å²) in [5, 5.41) is 8.46. The molecule has 0 atom stereocenters. The van der Waals surface area contributed by atoms with Gasteiger partial charge in [-0.1, -0.05) is 5.57 Å². The summed E-state index contributed by atoms with van der Waals surface area (Å²) >= 11 is 1.79. The lowest BCUT2D eigenvalue weighted by atomic mass is 10.2. The van der Waals surface area contributed by atoms with Crippen molar-refractivity contribution in [2.45, 2.75) is 18.2 Å². The maximum Gasteiger partial charge on any atom is 0.118 e. The molecule has 0 saturated heterocycles. The largest absolute Gasteiger partial charge is 0.497 e. The van der Waals surface area contributed by atoms with Gasteiger partial charge in [-0.3, -0.25) is 0 Å². The highest BCUT2D eigenvalue weighted by molar-refractivity contribution is 7.99. The molecule has 1 rings (SSSR count). The molecule has 0 saturated carbocycles. The number of rotatable bonds is 5. The van der Waals surface area contributed by atoms with Gasteiger partial charge in [0.15, 0.2) is 0 Å². The van der Waals surface area contributed by atoms with Gasteiger partial charge in [0.25, 0.3) is 0 Å². The van der Waals surface area contributed by atoms with E-state index in [1.54, 1.807) is 24.9 Å². The number of allylic oxidation sites excluding steroid dienone is 2. The maximum absolute atomic E-state index is 8.46. The van der Waals surface area contributed by atoms with Gasteiger partial charge < -0.3 is 4.74 Å². The van der Waals surface area contributed by atoms with Crippen molar-refractivity contribution in [3.63, 3.8) is 0 Å². The first-order chi connectivity index (χ1) is 7.76. The molecular formula is C13H15NOS. The van der Waals surface area contributed by atoms with Crippen molar-refractivity contribution in [3.05, 3.63) is 35.9 Å². The number of hydrogen-bond donors (Lipinski definition) is 0. The van der Waals surface area contributed by atoms with Gasteiger partial charge in [-0.15, -0.1) is 11.8 Å².